The summed E-state index contributed by atoms with van der Waals surface area (Å²) < 4.78 is 2.15. The molecule has 0 fully saturated rings. The molecule has 1 aromatic rings. The minimum absolute atomic E-state index is 0.182. The van der Waals surface area contributed by atoms with E-state index in [0.717, 1.165) is 8.17 Å². The van der Waals surface area contributed by atoms with Gasteiger partial charge in [-0.1, -0.05) is 20.8 Å². The van der Waals surface area contributed by atoms with E-state index in [1.165, 1.54) is 5.56 Å². The Morgan fingerprint density at radius 2 is 2.00 bits per heavy atom. The summed E-state index contributed by atoms with van der Waals surface area (Å²) in [7, 11) is 0. The molecule has 0 aliphatic rings. The van der Waals surface area contributed by atoms with Gasteiger partial charge >= 0.3 is 0 Å². The van der Waals surface area contributed by atoms with Gasteiger partial charge in [-0.15, -0.1) is 0 Å². The average molecular weight is 340 g/mol. The van der Waals surface area contributed by atoms with E-state index in [4.69, 9.17) is 0 Å². The molecular formula is C9H11BrIN. The summed E-state index contributed by atoms with van der Waals surface area (Å²) in [5, 5.41) is 0. The van der Waals surface area contributed by atoms with Gasteiger partial charge in [0.2, 0.25) is 0 Å². The Bertz CT molecular complexity index is 291. The fraction of sp³-hybridized carbons (Fsp3) is 0.444. The Labute approximate surface area is 95.2 Å². The van der Waals surface area contributed by atoms with Gasteiger partial charge in [-0.3, -0.25) is 0 Å². The fourth-order valence-corrected chi connectivity index (χ4v) is 2.28. The van der Waals surface area contributed by atoms with Crippen molar-refractivity contribution in [3.63, 3.8) is 0 Å². The summed E-state index contributed by atoms with van der Waals surface area (Å²) in [6.45, 7) is 6.59. The number of halogens is 2. The third kappa shape index (κ3) is 2.19. The predicted molar refractivity (Wildman–Crippen MR) is 63.4 cm³/mol. The standard InChI is InChI=1S/C9H11BrIN/c1-9(2,3)6-4-5-12-8(11)7(6)10/h4-5H,1-3H3. The van der Waals surface area contributed by atoms with E-state index in [9.17, 15) is 0 Å². The Morgan fingerprint density at radius 1 is 1.42 bits per heavy atom. The quantitative estimate of drug-likeness (QED) is 0.518. The van der Waals surface area contributed by atoms with E-state index in [1.807, 2.05) is 6.20 Å². The predicted octanol–water partition coefficient (Wildman–Crippen LogP) is 3.75. The van der Waals surface area contributed by atoms with Crippen molar-refractivity contribution in [1.29, 1.82) is 0 Å². The van der Waals surface area contributed by atoms with Crippen LogP contribution in [0.4, 0.5) is 0 Å². The first-order chi connectivity index (χ1) is 5.43. The number of hydrogen-bond acceptors (Lipinski definition) is 1. The largest absolute Gasteiger partial charge is 0.249 e. The molecule has 0 N–H and O–H groups in total. The Morgan fingerprint density at radius 3 is 2.42 bits per heavy atom. The number of rotatable bonds is 0. The van der Waals surface area contributed by atoms with Crippen LogP contribution in [0.1, 0.15) is 26.3 Å². The Kier molecular flexibility index (Phi) is 3.15. The van der Waals surface area contributed by atoms with Crippen molar-refractivity contribution in [2.24, 2.45) is 0 Å². The molecule has 0 radical (unpaired) electrons. The second kappa shape index (κ2) is 3.62. The maximum atomic E-state index is 4.19. The zero-order valence-electron chi connectivity index (χ0n) is 7.36. The van der Waals surface area contributed by atoms with Crippen LogP contribution in [-0.4, -0.2) is 4.98 Å². The summed E-state index contributed by atoms with van der Waals surface area (Å²) >= 11 is 5.78. The van der Waals surface area contributed by atoms with Crippen LogP contribution in [-0.2, 0) is 5.41 Å². The molecular weight excluding hydrogens is 329 g/mol. The average Bonchev–Trinajstić information content (AvgIpc) is 1.92. The minimum atomic E-state index is 0.182. The topological polar surface area (TPSA) is 12.9 Å². The molecule has 1 aromatic heterocycles. The molecule has 0 saturated heterocycles. The molecule has 0 atom stereocenters. The summed E-state index contributed by atoms with van der Waals surface area (Å²) in [6.07, 6.45) is 1.85. The molecule has 0 amide bonds. The first kappa shape index (κ1) is 10.4. The van der Waals surface area contributed by atoms with Gasteiger partial charge in [0.1, 0.15) is 3.70 Å². The van der Waals surface area contributed by atoms with Gasteiger partial charge in [0.25, 0.3) is 0 Å². The van der Waals surface area contributed by atoms with Crippen LogP contribution in [0.2, 0.25) is 0 Å². The normalized spacial score (nSPS) is 11.8. The Hall–Kier alpha value is 0.360. The lowest BCUT2D eigenvalue weighted by molar-refractivity contribution is 0.585. The van der Waals surface area contributed by atoms with Crippen molar-refractivity contribution < 1.29 is 0 Å². The van der Waals surface area contributed by atoms with Gasteiger partial charge in [-0.25, -0.2) is 4.98 Å². The molecule has 0 spiro atoms. The summed E-state index contributed by atoms with van der Waals surface area (Å²) in [5.41, 5.74) is 1.49. The van der Waals surface area contributed by atoms with Gasteiger partial charge in [-0.2, -0.15) is 0 Å². The molecule has 0 saturated carbocycles. The molecule has 0 unspecified atom stereocenters. The molecule has 1 heterocycles. The van der Waals surface area contributed by atoms with Crippen molar-refractivity contribution >= 4 is 38.5 Å². The zero-order chi connectivity index (χ0) is 9.35. The monoisotopic (exact) mass is 339 g/mol. The maximum Gasteiger partial charge on any atom is 0.115 e. The van der Waals surface area contributed by atoms with Crippen molar-refractivity contribution in [1.82, 2.24) is 4.98 Å². The lowest BCUT2D eigenvalue weighted by atomic mass is 9.88. The van der Waals surface area contributed by atoms with Crippen LogP contribution in [0.25, 0.3) is 0 Å². The van der Waals surface area contributed by atoms with Crippen LogP contribution in [0.3, 0.4) is 0 Å². The molecule has 1 rings (SSSR count). The lowest BCUT2D eigenvalue weighted by Gasteiger charge is -2.20. The van der Waals surface area contributed by atoms with Gasteiger partial charge in [-0.05, 0) is 55.6 Å². The van der Waals surface area contributed by atoms with Crippen LogP contribution in [0, 0.1) is 3.70 Å². The molecule has 0 aliphatic heterocycles. The lowest BCUT2D eigenvalue weighted by Crippen LogP contribution is -2.12. The first-order valence-electron chi connectivity index (χ1n) is 3.73. The summed E-state index contributed by atoms with van der Waals surface area (Å²) in [5.74, 6) is 0. The SMILES string of the molecule is CC(C)(C)c1ccnc(I)c1Br. The number of aromatic nitrogens is 1. The number of hydrogen-bond donors (Lipinski definition) is 0. The second-order valence-corrected chi connectivity index (χ2v) is 5.53. The van der Waals surface area contributed by atoms with E-state index >= 15 is 0 Å². The second-order valence-electron chi connectivity index (χ2n) is 3.71. The Balaban J connectivity index is 3.26. The zero-order valence-corrected chi connectivity index (χ0v) is 11.1. The number of pyridine rings is 1. The highest BCUT2D eigenvalue weighted by Gasteiger charge is 2.18. The maximum absolute atomic E-state index is 4.19. The van der Waals surface area contributed by atoms with Crippen LogP contribution < -0.4 is 0 Å². The molecule has 0 aromatic carbocycles. The van der Waals surface area contributed by atoms with E-state index in [1.54, 1.807) is 0 Å². The first-order valence-corrected chi connectivity index (χ1v) is 5.60. The highest BCUT2D eigenvalue weighted by atomic mass is 127. The van der Waals surface area contributed by atoms with Crippen molar-refractivity contribution in [2.45, 2.75) is 26.2 Å². The molecule has 0 aliphatic carbocycles. The summed E-state index contributed by atoms with van der Waals surface area (Å²) in [4.78, 5) is 4.19. The summed E-state index contributed by atoms with van der Waals surface area (Å²) in [6, 6.07) is 2.06. The van der Waals surface area contributed by atoms with Crippen LogP contribution in [0.15, 0.2) is 16.7 Å². The molecule has 0 bridgehead atoms. The van der Waals surface area contributed by atoms with Crippen molar-refractivity contribution in [3.05, 3.63) is 26.0 Å². The van der Waals surface area contributed by atoms with Crippen LogP contribution >= 0.6 is 38.5 Å². The fourth-order valence-electron chi connectivity index (χ4n) is 0.997. The molecule has 12 heavy (non-hydrogen) atoms. The van der Waals surface area contributed by atoms with Crippen molar-refractivity contribution in [3.8, 4) is 0 Å². The van der Waals surface area contributed by atoms with E-state index in [0.29, 0.717) is 0 Å². The minimum Gasteiger partial charge on any atom is -0.249 e. The highest BCUT2D eigenvalue weighted by Crippen LogP contribution is 2.31. The van der Waals surface area contributed by atoms with Gasteiger partial charge in [0, 0.05) is 6.20 Å². The van der Waals surface area contributed by atoms with E-state index < -0.39 is 0 Å². The van der Waals surface area contributed by atoms with Crippen molar-refractivity contribution in [2.75, 3.05) is 0 Å². The molecule has 3 heteroatoms. The van der Waals surface area contributed by atoms with E-state index in [2.05, 4.69) is 70.3 Å². The smallest absolute Gasteiger partial charge is 0.115 e. The number of nitrogens with zero attached hydrogens (tertiary/aromatic N) is 1. The third-order valence-corrected chi connectivity index (χ3v) is 4.02. The van der Waals surface area contributed by atoms with Gasteiger partial charge in [0.15, 0.2) is 0 Å². The molecule has 66 valence electrons. The van der Waals surface area contributed by atoms with Gasteiger partial charge in [0.05, 0.1) is 4.47 Å². The van der Waals surface area contributed by atoms with Gasteiger partial charge < -0.3 is 0 Å². The highest BCUT2D eigenvalue weighted by molar-refractivity contribution is 14.1. The van der Waals surface area contributed by atoms with Crippen LogP contribution in [0.5, 0.6) is 0 Å². The molecule has 1 nitrogen and oxygen atoms in total. The third-order valence-electron chi connectivity index (χ3n) is 1.65. The van der Waals surface area contributed by atoms with E-state index in [-0.39, 0.29) is 5.41 Å².